The minimum absolute atomic E-state index is 0.0699. The lowest BCUT2D eigenvalue weighted by Gasteiger charge is -2.27. The quantitative estimate of drug-likeness (QED) is 0.757. The molecule has 1 aliphatic heterocycles. The van der Waals surface area contributed by atoms with Gasteiger partial charge in [0.2, 0.25) is 0 Å². The third-order valence-corrected chi connectivity index (χ3v) is 3.83. The number of carbonyl (C=O) groups is 2. The van der Waals surface area contributed by atoms with E-state index in [1.165, 1.54) is 16.8 Å². The van der Waals surface area contributed by atoms with Crippen LogP contribution in [0.4, 0.5) is 4.79 Å². The van der Waals surface area contributed by atoms with Crippen molar-refractivity contribution in [1.29, 1.82) is 0 Å². The molecule has 104 valence electrons. The second-order valence-corrected chi connectivity index (χ2v) is 6.78. The minimum atomic E-state index is -3.13. The Kier molecular flexibility index (Phi) is 4.55. The molecule has 0 spiro atoms. The van der Waals surface area contributed by atoms with Crippen molar-refractivity contribution in [2.75, 3.05) is 32.1 Å². The summed E-state index contributed by atoms with van der Waals surface area (Å²) in [6, 6.07) is -1.22. The van der Waals surface area contributed by atoms with Crippen LogP contribution >= 0.6 is 0 Å². The van der Waals surface area contributed by atoms with E-state index in [0.717, 1.165) is 6.26 Å². The summed E-state index contributed by atoms with van der Waals surface area (Å²) in [5, 5.41) is 8.97. The van der Waals surface area contributed by atoms with E-state index in [-0.39, 0.29) is 12.3 Å². The number of carboxylic acids is 1. The Labute approximate surface area is 106 Å². The minimum Gasteiger partial charge on any atom is -0.480 e. The van der Waals surface area contributed by atoms with Crippen LogP contribution in [0.15, 0.2) is 0 Å². The molecule has 1 fully saturated rings. The summed E-state index contributed by atoms with van der Waals surface area (Å²) in [5.41, 5.74) is 0. The molecule has 0 aromatic heterocycles. The van der Waals surface area contributed by atoms with Crippen LogP contribution in [-0.4, -0.2) is 73.5 Å². The fourth-order valence-electron chi connectivity index (χ4n) is 1.87. The van der Waals surface area contributed by atoms with Gasteiger partial charge in [0.1, 0.15) is 15.9 Å². The van der Waals surface area contributed by atoms with Gasteiger partial charge in [0.15, 0.2) is 0 Å². The van der Waals surface area contributed by atoms with Crippen molar-refractivity contribution in [3.05, 3.63) is 0 Å². The second kappa shape index (κ2) is 5.55. The monoisotopic (exact) mass is 278 g/mol. The van der Waals surface area contributed by atoms with Crippen molar-refractivity contribution in [2.24, 2.45) is 0 Å². The van der Waals surface area contributed by atoms with Gasteiger partial charge in [-0.3, -0.25) is 0 Å². The predicted octanol–water partition coefficient (Wildman–Crippen LogP) is -0.368. The molecule has 0 saturated carbocycles. The van der Waals surface area contributed by atoms with Gasteiger partial charge >= 0.3 is 12.0 Å². The molecule has 7 nitrogen and oxygen atoms in total. The molecule has 1 unspecified atom stereocenters. The molecule has 2 amide bonds. The number of urea groups is 1. The summed E-state index contributed by atoms with van der Waals surface area (Å²) in [6.07, 6.45) is 2.20. The molecule has 18 heavy (non-hydrogen) atoms. The van der Waals surface area contributed by atoms with E-state index in [1.54, 1.807) is 0 Å². The first-order valence-electron chi connectivity index (χ1n) is 5.64. The van der Waals surface area contributed by atoms with Crippen molar-refractivity contribution in [1.82, 2.24) is 9.80 Å². The number of rotatable bonds is 4. The normalized spacial score (nSPS) is 19.9. The van der Waals surface area contributed by atoms with E-state index in [9.17, 15) is 18.0 Å². The summed E-state index contributed by atoms with van der Waals surface area (Å²) in [4.78, 5) is 25.5. The number of aliphatic carboxylic acids is 1. The molecule has 1 atom stereocenters. The molecule has 1 saturated heterocycles. The van der Waals surface area contributed by atoms with Gasteiger partial charge in [-0.05, 0) is 12.8 Å². The average Bonchev–Trinajstić information content (AvgIpc) is 2.72. The number of hydrogen-bond acceptors (Lipinski definition) is 4. The fourth-order valence-corrected chi connectivity index (χ4v) is 2.48. The standard InChI is InChI=1S/C10H18N2O5S/c1-11(6-7-18(2,16)17)10(15)12-5-3-4-8(12)9(13)14/h8H,3-7H2,1-2H3,(H,13,14). The average molecular weight is 278 g/mol. The van der Waals surface area contributed by atoms with Crippen LogP contribution in [0, 0.1) is 0 Å². The molecule has 0 bridgehead atoms. The zero-order valence-corrected chi connectivity index (χ0v) is 11.3. The molecule has 0 aromatic carbocycles. The number of carboxylic acid groups (broad SMARTS) is 1. The van der Waals surface area contributed by atoms with Gasteiger partial charge in [0.05, 0.1) is 5.75 Å². The van der Waals surface area contributed by atoms with Gasteiger partial charge in [0.25, 0.3) is 0 Å². The summed E-state index contributed by atoms with van der Waals surface area (Å²) in [5.74, 6) is -1.14. The van der Waals surface area contributed by atoms with Crippen molar-refractivity contribution in [2.45, 2.75) is 18.9 Å². The summed E-state index contributed by atoms with van der Waals surface area (Å²) >= 11 is 0. The van der Waals surface area contributed by atoms with Gasteiger partial charge in [-0.1, -0.05) is 0 Å². The lowest BCUT2D eigenvalue weighted by molar-refractivity contribution is -0.141. The Morgan fingerprint density at radius 1 is 1.44 bits per heavy atom. The maximum absolute atomic E-state index is 12.0. The third-order valence-electron chi connectivity index (χ3n) is 2.91. The maximum Gasteiger partial charge on any atom is 0.326 e. The van der Waals surface area contributed by atoms with Crippen molar-refractivity contribution in [3.8, 4) is 0 Å². The molecule has 1 N–H and O–H groups in total. The SMILES string of the molecule is CN(CCS(C)(=O)=O)C(=O)N1CCCC1C(=O)O. The summed E-state index contributed by atoms with van der Waals surface area (Å²) in [7, 11) is -1.66. The van der Waals surface area contributed by atoms with E-state index in [1.807, 2.05) is 0 Å². The van der Waals surface area contributed by atoms with Crippen molar-refractivity contribution in [3.63, 3.8) is 0 Å². The number of hydrogen-bond donors (Lipinski definition) is 1. The molecule has 0 aliphatic carbocycles. The molecule has 1 heterocycles. The highest BCUT2D eigenvalue weighted by molar-refractivity contribution is 7.90. The Morgan fingerprint density at radius 2 is 2.06 bits per heavy atom. The van der Waals surface area contributed by atoms with E-state index < -0.39 is 27.9 Å². The number of sulfone groups is 1. The Bertz CT molecular complexity index is 434. The molecule has 1 rings (SSSR count). The highest BCUT2D eigenvalue weighted by Crippen LogP contribution is 2.18. The lowest BCUT2D eigenvalue weighted by Crippen LogP contribution is -2.47. The molecular formula is C10H18N2O5S. The zero-order valence-electron chi connectivity index (χ0n) is 10.5. The Morgan fingerprint density at radius 3 is 2.56 bits per heavy atom. The van der Waals surface area contributed by atoms with Gasteiger partial charge in [-0.2, -0.15) is 0 Å². The molecule has 8 heteroatoms. The first-order chi connectivity index (χ1) is 8.22. The van der Waals surface area contributed by atoms with Crippen LogP contribution in [0.1, 0.15) is 12.8 Å². The van der Waals surface area contributed by atoms with E-state index in [4.69, 9.17) is 5.11 Å². The van der Waals surface area contributed by atoms with Gasteiger partial charge in [-0.25, -0.2) is 18.0 Å². The van der Waals surface area contributed by atoms with Gasteiger partial charge < -0.3 is 14.9 Å². The Hall–Kier alpha value is -1.31. The van der Waals surface area contributed by atoms with Crippen LogP contribution in [-0.2, 0) is 14.6 Å². The largest absolute Gasteiger partial charge is 0.480 e. The molecule has 1 aliphatic rings. The molecule has 0 radical (unpaired) electrons. The summed E-state index contributed by atoms with van der Waals surface area (Å²) < 4.78 is 22.0. The molecular weight excluding hydrogens is 260 g/mol. The second-order valence-electron chi connectivity index (χ2n) is 4.52. The van der Waals surface area contributed by atoms with Crippen molar-refractivity contribution >= 4 is 21.8 Å². The number of amides is 2. The third kappa shape index (κ3) is 3.86. The highest BCUT2D eigenvalue weighted by atomic mass is 32.2. The number of likely N-dealkylation sites (tertiary alicyclic amines) is 1. The van der Waals surface area contributed by atoms with E-state index >= 15 is 0 Å². The first kappa shape index (κ1) is 14.7. The Balaban J connectivity index is 2.60. The van der Waals surface area contributed by atoms with Crippen LogP contribution in [0.25, 0.3) is 0 Å². The van der Waals surface area contributed by atoms with Crippen molar-refractivity contribution < 1.29 is 23.1 Å². The van der Waals surface area contributed by atoms with Crippen LogP contribution in [0.3, 0.4) is 0 Å². The lowest BCUT2D eigenvalue weighted by atomic mass is 10.2. The van der Waals surface area contributed by atoms with E-state index in [2.05, 4.69) is 0 Å². The number of carbonyl (C=O) groups excluding carboxylic acids is 1. The topological polar surface area (TPSA) is 95.0 Å². The van der Waals surface area contributed by atoms with Crippen LogP contribution < -0.4 is 0 Å². The fraction of sp³-hybridized carbons (Fsp3) is 0.800. The van der Waals surface area contributed by atoms with Crippen LogP contribution in [0.2, 0.25) is 0 Å². The van der Waals surface area contributed by atoms with E-state index in [0.29, 0.717) is 19.4 Å². The molecule has 0 aromatic rings. The highest BCUT2D eigenvalue weighted by Gasteiger charge is 2.35. The smallest absolute Gasteiger partial charge is 0.326 e. The maximum atomic E-state index is 12.0. The summed E-state index contributed by atoms with van der Waals surface area (Å²) in [6.45, 7) is 0.472. The van der Waals surface area contributed by atoms with Crippen LogP contribution in [0.5, 0.6) is 0 Å². The van der Waals surface area contributed by atoms with Gasteiger partial charge in [0, 0.05) is 26.4 Å². The number of nitrogens with zero attached hydrogens (tertiary/aromatic N) is 2. The predicted molar refractivity (Wildman–Crippen MR) is 65.1 cm³/mol. The first-order valence-corrected chi connectivity index (χ1v) is 7.70. The zero-order chi connectivity index (χ0) is 13.9. The van der Waals surface area contributed by atoms with Gasteiger partial charge in [-0.15, -0.1) is 0 Å².